The quantitative estimate of drug-likeness (QED) is 0.836. The Hall–Kier alpha value is -0.930. The molecule has 3 heteroatoms. The van der Waals surface area contributed by atoms with Crippen LogP contribution in [0.15, 0.2) is 18.2 Å². The minimum Gasteiger partial charge on any atom is -0.381 e. The van der Waals surface area contributed by atoms with Crippen molar-refractivity contribution in [2.24, 2.45) is 11.7 Å². The minimum absolute atomic E-state index is 0.00296. The van der Waals surface area contributed by atoms with Crippen molar-refractivity contribution in [3.05, 3.63) is 35.1 Å². The highest BCUT2D eigenvalue weighted by Crippen LogP contribution is 2.28. The highest BCUT2D eigenvalue weighted by Gasteiger charge is 2.22. The Labute approximate surface area is 95.6 Å². The van der Waals surface area contributed by atoms with Crippen LogP contribution in [0.25, 0.3) is 0 Å². The van der Waals surface area contributed by atoms with E-state index in [4.69, 9.17) is 10.5 Å². The summed E-state index contributed by atoms with van der Waals surface area (Å²) >= 11 is 0. The molecule has 16 heavy (non-hydrogen) atoms. The minimum atomic E-state index is -0.164. The van der Waals surface area contributed by atoms with Crippen LogP contribution in [0.2, 0.25) is 0 Å². The number of aryl methyl sites for hydroxylation is 1. The fourth-order valence-electron chi connectivity index (χ4n) is 2.22. The fourth-order valence-corrected chi connectivity index (χ4v) is 2.22. The van der Waals surface area contributed by atoms with Crippen LogP contribution in [0.1, 0.15) is 30.0 Å². The first-order valence-corrected chi connectivity index (χ1v) is 5.78. The number of benzene rings is 1. The van der Waals surface area contributed by atoms with Crippen molar-refractivity contribution in [2.75, 3.05) is 13.2 Å². The van der Waals surface area contributed by atoms with Gasteiger partial charge in [-0.1, -0.05) is 12.1 Å². The van der Waals surface area contributed by atoms with E-state index in [0.29, 0.717) is 11.5 Å². The van der Waals surface area contributed by atoms with Crippen LogP contribution < -0.4 is 5.73 Å². The number of rotatable bonds is 2. The molecule has 88 valence electrons. The number of hydrogen-bond acceptors (Lipinski definition) is 2. The first kappa shape index (κ1) is 11.6. The second-order valence-electron chi connectivity index (χ2n) is 4.48. The lowest BCUT2D eigenvalue weighted by molar-refractivity contribution is 0.0583. The van der Waals surface area contributed by atoms with Gasteiger partial charge in [-0.3, -0.25) is 0 Å². The third-order valence-electron chi connectivity index (χ3n) is 3.34. The van der Waals surface area contributed by atoms with Gasteiger partial charge in [0.1, 0.15) is 5.82 Å². The SMILES string of the molecule is Cc1cc(C(N)C2CCOCC2)ccc1F. The van der Waals surface area contributed by atoms with Gasteiger partial charge < -0.3 is 10.5 Å². The molecule has 1 fully saturated rings. The molecule has 0 bridgehead atoms. The van der Waals surface area contributed by atoms with Gasteiger partial charge in [-0.2, -0.15) is 0 Å². The number of hydrogen-bond donors (Lipinski definition) is 1. The normalized spacial score (nSPS) is 19.7. The van der Waals surface area contributed by atoms with Crippen molar-refractivity contribution in [3.63, 3.8) is 0 Å². The van der Waals surface area contributed by atoms with Gasteiger partial charge >= 0.3 is 0 Å². The predicted octanol–water partition coefficient (Wildman–Crippen LogP) is 2.56. The second kappa shape index (κ2) is 4.93. The number of ether oxygens (including phenoxy) is 1. The van der Waals surface area contributed by atoms with Crippen LogP contribution in [-0.2, 0) is 4.74 Å². The zero-order valence-corrected chi connectivity index (χ0v) is 9.58. The van der Waals surface area contributed by atoms with E-state index >= 15 is 0 Å². The van der Waals surface area contributed by atoms with E-state index in [1.165, 1.54) is 6.07 Å². The van der Waals surface area contributed by atoms with Gasteiger partial charge in [-0.15, -0.1) is 0 Å². The Bertz CT molecular complexity index is 361. The molecule has 1 aromatic rings. The zero-order chi connectivity index (χ0) is 11.5. The fraction of sp³-hybridized carbons (Fsp3) is 0.538. The first-order valence-electron chi connectivity index (χ1n) is 5.78. The molecule has 1 saturated heterocycles. The Morgan fingerprint density at radius 3 is 2.69 bits per heavy atom. The van der Waals surface area contributed by atoms with Gasteiger partial charge in [-0.25, -0.2) is 4.39 Å². The summed E-state index contributed by atoms with van der Waals surface area (Å²) in [6.45, 7) is 3.35. The van der Waals surface area contributed by atoms with Crippen molar-refractivity contribution in [3.8, 4) is 0 Å². The smallest absolute Gasteiger partial charge is 0.126 e. The van der Waals surface area contributed by atoms with Crippen molar-refractivity contribution in [1.29, 1.82) is 0 Å². The molecule has 1 aromatic carbocycles. The summed E-state index contributed by atoms with van der Waals surface area (Å²) in [5, 5.41) is 0. The van der Waals surface area contributed by atoms with E-state index in [1.54, 1.807) is 13.0 Å². The van der Waals surface area contributed by atoms with Gasteiger partial charge in [0.2, 0.25) is 0 Å². The van der Waals surface area contributed by atoms with E-state index in [0.717, 1.165) is 31.6 Å². The van der Waals surface area contributed by atoms with Gasteiger partial charge in [0, 0.05) is 19.3 Å². The molecule has 0 spiro atoms. The molecule has 0 radical (unpaired) electrons. The predicted molar refractivity (Wildman–Crippen MR) is 61.6 cm³/mol. The summed E-state index contributed by atoms with van der Waals surface area (Å²) in [5.74, 6) is 0.293. The molecule has 1 aliphatic heterocycles. The van der Waals surface area contributed by atoms with Gasteiger partial charge in [0.15, 0.2) is 0 Å². The highest BCUT2D eigenvalue weighted by molar-refractivity contribution is 5.26. The Morgan fingerprint density at radius 2 is 2.06 bits per heavy atom. The van der Waals surface area contributed by atoms with Gasteiger partial charge in [0.25, 0.3) is 0 Å². The van der Waals surface area contributed by atoms with Crippen LogP contribution in [0, 0.1) is 18.7 Å². The van der Waals surface area contributed by atoms with Crippen LogP contribution in [0.5, 0.6) is 0 Å². The van der Waals surface area contributed by atoms with E-state index in [1.807, 2.05) is 6.07 Å². The molecule has 1 heterocycles. The first-order chi connectivity index (χ1) is 7.68. The van der Waals surface area contributed by atoms with Crippen LogP contribution in [-0.4, -0.2) is 13.2 Å². The largest absolute Gasteiger partial charge is 0.381 e. The molecule has 1 aliphatic rings. The topological polar surface area (TPSA) is 35.2 Å². The molecule has 2 nitrogen and oxygen atoms in total. The van der Waals surface area contributed by atoms with E-state index < -0.39 is 0 Å². The van der Waals surface area contributed by atoms with Gasteiger partial charge in [0.05, 0.1) is 0 Å². The average Bonchev–Trinajstić information content (AvgIpc) is 2.33. The highest BCUT2D eigenvalue weighted by atomic mass is 19.1. The lowest BCUT2D eigenvalue weighted by atomic mass is 9.87. The van der Waals surface area contributed by atoms with Crippen molar-refractivity contribution >= 4 is 0 Å². The molecule has 0 aromatic heterocycles. The van der Waals surface area contributed by atoms with Crippen LogP contribution in [0.4, 0.5) is 4.39 Å². The lowest BCUT2D eigenvalue weighted by Gasteiger charge is -2.28. The number of nitrogens with two attached hydrogens (primary N) is 1. The van der Waals surface area contributed by atoms with E-state index in [-0.39, 0.29) is 11.9 Å². The Kier molecular flexibility index (Phi) is 3.56. The summed E-state index contributed by atoms with van der Waals surface area (Å²) in [4.78, 5) is 0. The van der Waals surface area contributed by atoms with Crippen molar-refractivity contribution in [1.82, 2.24) is 0 Å². The molecular formula is C13H18FNO. The van der Waals surface area contributed by atoms with Crippen molar-refractivity contribution < 1.29 is 9.13 Å². The monoisotopic (exact) mass is 223 g/mol. The van der Waals surface area contributed by atoms with Gasteiger partial charge in [-0.05, 0) is 42.9 Å². The Balaban J connectivity index is 2.12. The summed E-state index contributed by atoms with van der Waals surface area (Å²) in [7, 11) is 0. The van der Waals surface area contributed by atoms with Crippen molar-refractivity contribution in [2.45, 2.75) is 25.8 Å². The molecule has 0 saturated carbocycles. The zero-order valence-electron chi connectivity index (χ0n) is 9.58. The second-order valence-corrected chi connectivity index (χ2v) is 4.48. The third-order valence-corrected chi connectivity index (χ3v) is 3.34. The molecule has 1 atom stereocenters. The maximum Gasteiger partial charge on any atom is 0.126 e. The molecular weight excluding hydrogens is 205 g/mol. The maximum absolute atomic E-state index is 13.1. The Morgan fingerprint density at radius 1 is 1.38 bits per heavy atom. The molecule has 2 rings (SSSR count). The van der Waals surface area contributed by atoms with Crippen LogP contribution >= 0.6 is 0 Å². The van der Waals surface area contributed by atoms with Crippen LogP contribution in [0.3, 0.4) is 0 Å². The number of halogens is 1. The summed E-state index contributed by atoms with van der Waals surface area (Å²) in [6.07, 6.45) is 2.00. The molecule has 0 aliphatic carbocycles. The molecule has 2 N–H and O–H groups in total. The lowest BCUT2D eigenvalue weighted by Crippen LogP contribution is -2.27. The maximum atomic E-state index is 13.1. The van der Waals surface area contributed by atoms with E-state index in [9.17, 15) is 4.39 Å². The van der Waals surface area contributed by atoms with E-state index in [2.05, 4.69) is 0 Å². The summed E-state index contributed by atoms with van der Waals surface area (Å²) in [5.41, 5.74) is 7.91. The third kappa shape index (κ3) is 2.42. The summed E-state index contributed by atoms with van der Waals surface area (Å²) in [6, 6.07) is 5.16. The standard InChI is InChI=1S/C13H18FNO/c1-9-8-11(2-3-12(9)14)13(15)10-4-6-16-7-5-10/h2-3,8,10,13H,4-7,15H2,1H3. The molecule has 0 amide bonds. The molecule has 1 unspecified atom stereocenters. The average molecular weight is 223 g/mol. The summed E-state index contributed by atoms with van der Waals surface area (Å²) < 4.78 is 18.5.